The molecule has 0 aliphatic carbocycles. The van der Waals surface area contributed by atoms with Crippen LogP contribution in [0.15, 0.2) is 47.5 Å². The van der Waals surface area contributed by atoms with E-state index in [1.54, 1.807) is 41.1 Å². The maximum Gasteiger partial charge on any atom is 0.308 e. The maximum absolute atomic E-state index is 13.3. The van der Waals surface area contributed by atoms with Crippen LogP contribution in [-0.2, 0) is 6.54 Å². The van der Waals surface area contributed by atoms with Crippen molar-refractivity contribution in [3.05, 3.63) is 63.5 Å². The summed E-state index contributed by atoms with van der Waals surface area (Å²) >= 11 is 1.09. The number of thiazole rings is 1. The maximum atomic E-state index is 13.3. The fourth-order valence-corrected chi connectivity index (χ4v) is 4.38. The predicted molar refractivity (Wildman–Crippen MR) is 104 cm³/mol. The minimum absolute atomic E-state index is 0.108. The number of hydrogen-bond donors (Lipinski definition) is 0. The number of nitrogens with zero attached hydrogens (tertiary/aromatic N) is 3. The molecule has 1 aromatic carbocycles. The minimum atomic E-state index is -2.57. The van der Waals surface area contributed by atoms with E-state index in [1.807, 2.05) is 4.90 Å². The summed E-state index contributed by atoms with van der Waals surface area (Å²) in [5, 5.41) is 0. The smallest absolute Gasteiger partial charge is 0.301 e. The minimum Gasteiger partial charge on any atom is -0.301 e. The highest BCUT2D eigenvalue weighted by molar-refractivity contribution is 7.16. The lowest BCUT2D eigenvalue weighted by Gasteiger charge is -2.31. The van der Waals surface area contributed by atoms with E-state index in [4.69, 9.17) is 0 Å². The van der Waals surface area contributed by atoms with Crippen LogP contribution in [0, 0.1) is 0 Å². The number of carbonyl (C=O) groups is 1. The monoisotopic (exact) mass is 403 g/mol. The van der Waals surface area contributed by atoms with Gasteiger partial charge in [-0.25, -0.2) is 8.78 Å². The standard InChI is InChI=1S/C20H19F2N3O2S/c21-20(22)5-8-24(9-6-20)10-11-25-16-4-3-14(12-17(16)28-19(25)27)18(26)15-2-1-7-23-13-15/h1-4,7,12-13H,5-6,8-11H2. The van der Waals surface area contributed by atoms with Gasteiger partial charge in [0.05, 0.1) is 10.2 Å². The molecule has 0 spiro atoms. The van der Waals surface area contributed by atoms with Crippen LogP contribution in [0.1, 0.15) is 28.8 Å². The van der Waals surface area contributed by atoms with Crippen LogP contribution in [0.3, 0.4) is 0 Å². The number of benzene rings is 1. The number of alkyl halides is 2. The van der Waals surface area contributed by atoms with Crippen LogP contribution in [0.2, 0.25) is 0 Å². The Balaban J connectivity index is 1.52. The number of ketones is 1. The average molecular weight is 403 g/mol. The molecule has 2 aromatic heterocycles. The van der Waals surface area contributed by atoms with Crippen molar-refractivity contribution < 1.29 is 13.6 Å². The highest BCUT2D eigenvalue weighted by atomic mass is 32.1. The summed E-state index contributed by atoms with van der Waals surface area (Å²) in [7, 11) is 0. The second kappa shape index (κ2) is 7.52. The van der Waals surface area contributed by atoms with Gasteiger partial charge in [-0.15, -0.1) is 0 Å². The van der Waals surface area contributed by atoms with Gasteiger partial charge in [0.15, 0.2) is 5.78 Å². The zero-order valence-corrected chi connectivity index (χ0v) is 15.9. The zero-order chi connectivity index (χ0) is 19.7. The molecular formula is C20H19F2N3O2S. The number of likely N-dealkylation sites (tertiary alicyclic amines) is 1. The van der Waals surface area contributed by atoms with E-state index in [2.05, 4.69) is 4.98 Å². The number of halogens is 2. The van der Waals surface area contributed by atoms with Crippen LogP contribution < -0.4 is 4.87 Å². The Morgan fingerprint density at radius 1 is 1.14 bits per heavy atom. The average Bonchev–Trinajstić information content (AvgIpc) is 3.01. The van der Waals surface area contributed by atoms with Gasteiger partial charge in [-0.1, -0.05) is 11.3 Å². The molecule has 8 heteroatoms. The van der Waals surface area contributed by atoms with Crippen molar-refractivity contribution in [1.29, 1.82) is 0 Å². The molecule has 3 aromatic rings. The molecule has 0 amide bonds. The molecule has 146 valence electrons. The van der Waals surface area contributed by atoms with Crippen LogP contribution >= 0.6 is 11.3 Å². The van der Waals surface area contributed by atoms with Crippen molar-refractivity contribution in [1.82, 2.24) is 14.5 Å². The Hall–Kier alpha value is -2.45. The van der Waals surface area contributed by atoms with Gasteiger partial charge in [0.2, 0.25) is 0 Å². The highest BCUT2D eigenvalue weighted by Crippen LogP contribution is 2.27. The Morgan fingerprint density at radius 3 is 2.64 bits per heavy atom. The number of piperidine rings is 1. The molecule has 0 bridgehead atoms. The quantitative estimate of drug-likeness (QED) is 0.613. The van der Waals surface area contributed by atoms with Crippen molar-refractivity contribution in [2.75, 3.05) is 19.6 Å². The van der Waals surface area contributed by atoms with Crippen molar-refractivity contribution >= 4 is 27.3 Å². The Morgan fingerprint density at radius 2 is 1.93 bits per heavy atom. The number of pyridine rings is 1. The first-order chi connectivity index (χ1) is 13.4. The molecule has 1 saturated heterocycles. The summed E-state index contributed by atoms with van der Waals surface area (Å²) in [6.45, 7) is 1.68. The third-order valence-electron chi connectivity index (χ3n) is 5.08. The molecule has 0 atom stereocenters. The van der Waals surface area contributed by atoms with Crippen molar-refractivity contribution in [3.63, 3.8) is 0 Å². The molecule has 0 radical (unpaired) electrons. The molecule has 0 N–H and O–H groups in total. The van der Waals surface area contributed by atoms with Gasteiger partial charge in [0, 0.05) is 62.5 Å². The second-order valence-electron chi connectivity index (χ2n) is 6.97. The van der Waals surface area contributed by atoms with Crippen LogP contribution in [0.5, 0.6) is 0 Å². The lowest BCUT2D eigenvalue weighted by atomic mass is 10.1. The third kappa shape index (κ3) is 3.88. The summed E-state index contributed by atoms with van der Waals surface area (Å²) in [6, 6.07) is 8.63. The number of aromatic nitrogens is 2. The molecule has 0 saturated carbocycles. The molecule has 0 unspecified atom stereocenters. The van der Waals surface area contributed by atoms with Crippen LogP contribution in [0.4, 0.5) is 8.78 Å². The number of fused-ring (bicyclic) bond motifs is 1. The van der Waals surface area contributed by atoms with Gasteiger partial charge in [0.25, 0.3) is 5.92 Å². The fourth-order valence-electron chi connectivity index (χ4n) is 3.43. The van der Waals surface area contributed by atoms with E-state index >= 15 is 0 Å². The third-order valence-corrected chi connectivity index (χ3v) is 6.02. The molecule has 1 fully saturated rings. The van der Waals surface area contributed by atoms with Gasteiger partial charge in [-0.2, -0.15) is 0 Å². The summed E-state index contributed by atoms with van der Waals surface area (Å²) in [6.07, 6.45) is 2.86. The Bertz CT molecular complexity index is 1050. The van der Waals surface area contributed by atoms with Crippen LogP contribution in [0.25, 0.3) is 10.2 Å². The van der Waals surface area contributed by atoms with Crippen molar-refractivity contribution in [2.45, 2.75) is 25.3 Å². The van der Waals surface area contributed by atoms with Gasteiger partial charge >= 0.3 is 4.87 Å². The molecule has 4 rings (SSSR count). The number of carbonyl (C=O) groups excluding carboxylic acids is 1. The second-order valence-corrected chi connectivity index (χ2v) is 7.96. The predicted octanol–water partition coefficient (Wildman–Crippen LogP) is 3.42. The summed E-state index contributed by atoms with van der Waals surface area (Å²) in [5.74, 6) is -2.71. The molecule has 5 nitrogen and oxygen atoms in total. The first-order valence-electron chi connectivity index (χ1n) is 9.11. The lowest BCUT2D eigenvalue weighted by molar-refractivity contribution is -0.0554. The summed E-state index contributed by atoms with van der Waals surface area (Å²) in [4.78, 5) is 30.8. The van der Waals surface area contributed by atoms with Crippen molar-refractivity contribution in [3.8, 4) is 0 Å². The summed E-state index contributed by atoms with van der Waals surface area (Å²) in [5.41, 5.74) is 1.77. The van der Waals surface area contributed by atoms with E-state index in [0.717, 1.165) is 21.6 Å². The fraction of sp³-hybridized carbons (Fsp3) is 0.350. The molecule has 1 aliphatic rings. The SMILES string of the molecule is O=C(c1cccnc1)c1ccc2c(c1)sc(=O)n2CCN1CCC(F)(F)CC1. The Kier molecular flexibility index (Phi) is 5.07. The molecule has 3 heterocycles. The van der Waals surface area contributed by atoms with E-state index in [-0.39, 0.29) is 23.5 Å². The van der Waals surface area contributed by atoms with E-state index < -0.39 is 5.92 Å². The molecule has 1 aliphatic heterocycles. The normalized spacial score (nSPS) is 17.1. The van der Waals surface area contributed by atoms with Gasteiger partial charge in [-0.05, 0) is 30.3 Å². The van der Waals surface area contributed by atoms with Crippen molar-refractivity contribution in [2.24, 2.45) is 0 Å². The first kappa shape index (κ1) is 18.9. The van der Waals surface area contributed by atoms with Gasteiger partial charge in [0.1, 0.15) is 0 Å². The topological polar surface area (TPSA) is 55.2 Å². The van der Waals surface area contributed by atoms with E-state index in [1.165, 1.54) is 6.20 Å². The van der Waals surface area contributed by atoms with E-state index in [0.29, 0.717) is 37.3 Å². The lowest BCUT2D eigenvalue weighted by Crippen LogP contribution is -2.41. The summed E-state index contributed by atoms with van der Waals surface area (Å²) < 4.78 is 29.0. The van der Waals surface area contributed by atoms with Gasteiger partial charge < -0.3 is 4.90 Å². The van der Waals surface area contributed by atoms with Crippen LogP contribution in [-0.4, -0.2) is 45.8 Å². The zero-order valence-electron chi connectivity index (χ0n) is 15.1. The molecular weight excluding hydrogens is 384 g/mol. The van der Waals surface area contributed by atoms with E-state index in [9.17, 15) is 18.4 Å². The number of hydrogen-bond acceptors (Lipinski definition) is 5. The molecule has 28 heavy (non-hydrogen) atoms. The Labute approximate surface area is 164 Å². The highest BCUT2D eigenvalue weighted by Gasteiger charge is 2.33. The number of rotatable bonds is 5. The first-order valence-corrected chi connectivity index (χ1v) is 9.93. The largest absolute Gasteiger partial charge is 0.308 e. The van der Waals surface area contributed by atoms with Gasteiger partial charge in [-0.3, -0.25) is 19.1 Å².